The van der Waals surface area contributed by atoms with E-state index in [1.54, 1.807) is 0 Å². The summed E-state index contributed by atoms with van der Waals surface area (Å²) in [5, 5.41) is 8.55. The van der Waals surface area contributed by atoms with Crippen LogP contribution in [-0.2, 0) is 19.4 Å². The molecule has 1 aromatic rings. The molecule has 1 atom stereocenters. The molecule has 4 heteroatoms. The monoisotopic (exact) mass is 208 g/mol. The van der Waals surface area contributed by atoms with Gasteiger partial charge in [-0.05, 0) is 26.4 Å². The lowest BCUT2D eigenvalue weighted by atomic mass is 10.0. The quantitative estimate of drug-likeness (QED) is 0.742. The van der Waals surface area contributed by atoms with Crippen LogP contribution >= 0.6 is 0 Å². The van der Waals surface area contributed by atoms with E-state index in [0.29, 0.717) is 0 Å². The van der Waals surface area contributed by atoms with Crippen LogP contribution in [0.3, 0.4) is 0 Å². The van der Waals surface area contributed by atoms with Crippen LogP contribution in [0.15, 0.2) is 0 Å². The lowest BCUT2D eigenvalue weighted by Crippen LogP contribution is -2.22. The first kappa shape index (κ1) is 10.6. The molecule has 0 amide bonds. The molecule has 0 N–H and O–H groups in total. The highest BCUT2D eigenvalue weighted by molar-refractivity contribution is 5.00. The summed E-state index contributed by atoms with van der Waals surface area (Å²) in [5.74, 6) is 3.11. The van der Waals surface area contributed by atoms with E-state index in [4.69, 9.17) is 0 Å². The first-order valence-electron chi connectivity index (χ1n) is 5.72. The summed E-state index contributed by atoms with van der Waals surface area (Å²) in [5.41, 5.74) is 0. The standard InChI is InChI=1S/C11H20N4/c1-9-4-5-10-12-13-11(15(10)8-9)6-7-14(2)3/h9H,4-8H2,1-3H3. The Balaban J connectivity index is 2.09. The van der Waals surface area contributed by atoms with E-state index in [0.717, 1.165) is 37.7 Å². The first-order chi connectivity index (χ1) is 7.16. The largest absolute Gasteiger partial charge is 0.315 e. The molecule has 2 heterocycles. The minimum absolute atomic E-state index is 0.770. The van der Waals surface area contributed by atoms with Gasteiger partial charge in [-0.25, -0.2) is 0 Å². The molecule has 84 valence electrons. The highest BCUT2D eigenvalue weighted by Crippen LogP contribution is 2.19. The van der Waals surface area contributed by atoms with Crippen LogP contribution in [0, 0.1) is 5.92 Å². The van der Waals surface area contributed by atoms with Crippen LogP contribution in [0.4, 0.5) is 0 Å². The summed E-state index contributed by atoms with van der Waals surface area (Å²) in [6.07, 6.45) is 3.36. The van der Waals surface area contributed by atoms with E-state index in [1.165, 1.54) is 12.2 Å². The first-order valence-corrected chi connectivity index (χ1v) is 5.72. The van der Waals surface area contributed by atoms with E-state index in [-0.39, 0.29) is 0 Å². The lowest BCUT2D eigenvalue weighted by molar-refractivity contribution is 0.371. The number of aryl methyl sites for hydroxylation is 1. The van der Waals surface area contributed by atoms with Gasteiger partial charge < -0.3 is 9.47 Å². The van der Waals surface area contributed by atoms with Crippen molar-refractivity contribution in [1.29, 1.82) is 0 Å². The lowest BCUT2D eigenvalue weighted by Gasteiger charge is -2.21. The van der Waals surface area contributed by atoms with Crippen molar-refractivity contribution in [1.82, 2.24) is 19.7 Å². The number of nitrogens with zero attached hydrogens (tertiary/aromatic N) is 4. The van der Waals surface area contributed by atoms with E-state index in [9.17, 15) is 0 Å². The average molecular weight is 208 g/mol. The molecule has 0 aromatic carbocycles. The van der Waals surface area contributed by atoms with E-state index < -0.39 is 0 Å². The number of likely N-dealkylation sites (N-methyl/N-ethyl adjacent to an activating group) is 1. The van der Waals surface area contributed by atoms with Gasteiger partial charge in [-0.3, -0.25) is 0 Å². The van der Waals surface area contributed by atoms with Crippen molar-refractivity contribution in [2.75, 3.05) is 20.6 Å². The summed E-state index contributed by atoms with van der Waals surface area (Å²) < 4.78 is 2.32. The van der Waals surface area contributed by atoms with Gasteiger partial charge in [0.2, 0.25) is 0 Å². The molecule has 0 saturated carbocycles. The van der Waals surface area contributed by atoms with Crippen LogP contribution in [0.5, 0.6) is 0 Å². The number of rotatable bonds is 3. The van der Waals surface area contributed by atoms with Gasteiger partial charge >= 0.3 is 0 Å². The highest BCUT2D eigenvalue weighted by Gasteiger charge is 2.19. The van der Waals surface area contributed by atoms with Crippen LogP contribution in [0.1, 0.15) is 25.0 Å². The van der Waals surface area contributed by atoms with Crippen molar-refractivity contribution in [2.45, 2.75) is 32.7 Å². The Kier molecular flexibility index (Phi) is 3.05. The molecule has 0 spiro atoms. The summed E-state index contributed by atoms with van der Waals surface area (Å²) >= 11 is 0. The maximum Gasteiger partial charge on any atom is 0.134 e. The molecule has 4 nitrogen and oxygen atoms in total. The number of fused-ring (bicyclic) bond motifs is 1. The second-order valence-electron chi connectivity index (χ2n) is 4.84. The summed E-state index contributed by atoms with van der Waals surface area (Å²) in [6.45, 7) is 4.45. The number of hydrogen-bond donors (Lipinski definition) is 0. The Morgan fingerprint density at radius 2 is 2.20 bits per heavy atom. The molecule has 0 radical (unpaired) electrons. The van der Waals surface area contributed by atoms with E-state index in [2.05, 4.69) is 40.7 Å². The molecule has 0 saturated heterocycles. The molecule has 1 aliphatic heterocycles. The van der Waals surface area contributed by atoms with Gasteiger partial charge in [0.15, 0.2) is 0 Å². The van der Waals surface area contributed by atoms with E-state index in [1.807, 2.05) is 0 Å². The maximum absolute atomic E-state index is 4.29. The third-order valence-corrected chi connectivity index (χ3v) is 3.04. The fraction of sp³-hybridized carbons (Fsp3) is 0.818. The summed E-state index contributed by atoms with van der Waals surface area (Å²) in [7, 11) is 4.19. The molecule has 0 bridgehead atoms. The van der Waals surface area contributed by atoms with Crippen molar-refractivity contribution in [3.63, 3.8) is 0 Å². The van der Waals surface area contributed by atoms with E-state index >= 15 is 0 Å². The zero-order valence-corrected chi connectivity index (χ0v) is 9.90. The van der Waals surface area contributed by atoms with Crippen LogP contribution in [-0.4, -0.2) is 40.3 Å². The molecule has 1 aliphatic rings. The van der Waals surface area contributed by atoms with Gasteiger partial charge in [0.05, 0.1) is 0 Å². The minimum atomic E-state index is 0.770. The summed E-state index contributed by atoms with van der Waals surface area (Å²) in [6, 6.07) is 0. The fourth-order valence-corrected chi connectivity index (χ4v) is 2.06. The van der Waals surface area contributed by atoms with Crippen LogP contribution in [0.2, 0.25) is 0 Å². The second kappa shape index (κ2) is 4.31. The van der Waals surface area contributed by atoms with Crippen molar-refractivity contribution in [3.8, 4) is 0 Å². The Bertz CT molecular complexity index is 329. The van der Waals surface area contributed by atoms with Crippen molar-refractivity contribution in [3.05, 3.63) is 11.6 Å². The zero-order chi connectivity index (χ0) is 10.8. The fourth-order valence-electron chi connectivity index (χ4n) is 2.06. The average Bonchev–Trinajstić information content (AvgIpc) is 2.57. The van der Waals surface area contributed by atoms with Crippen LogP contribution < -0.4 is 0 Å². The molecular formula is C11H20N4. The van der Waals surface area contributed by atoms with Gasteiger partial charge in [-0.2, -0.15) is 0 Å². The number of aromatic nitrogens is 3. The van der Waals surface area contributed by atoms with Gasteiger partial charge in [0, 0.05) is 25.9 Å². The Morgan fingerprint density at radius 3 is 2.93 bits per heavy atom. The Hall–Kier alpha value is -0.900. The molecule has 1 unspecified atom stereocenters. The summed E-state index contributed by atoms with van der Waals surface area (Å²) in [4.78, 5) is 2.19. The maximum atomic E-state index is 4.29. The van der Waals surface area contributed by atoms with Gasteiger partial charge in [-0.15, -0.1) is 10.2 Å². The molecule has 2 rings (SSSR count). The van der Waals surface area contributed by atoms with Crippen LogP contribution in [0.25, 0.3) is 0 Å². The zero-order valence-electron chi connectivity index (χ0n) is 9.90. The molecule has 0 fully saturated rings. The molecule has 15 heavy (non-hydrogen) atoms. The van der Waals surface area contributed by atoms with Crippen molar-refractivity contribution >= 4 is 0 Å². The minimum Gasteiger partial charge on any atom is -0.315 e. The SMILES string of the molecule is CC1CCc2nnc(CCN(C)C)n2C1. The predicted molar refractivity (Wildman–Crippen MR) is 59.8 cm³/mol. The Labute approximate surface area is 91.3 Å². The van der Waals surface area contributed by atoms with Gasteiger partial charge in [-0.1, -0.05) is 6.92 Å². The topological polar surface area (TPSA) is 34.0 Å². The third-order valence-electron chi connectivity index (χ3n) is 3.04. The molecular weight excluding hydrogens is 188 g/mol. The molecule has 0 aliphatic carbocycles. The normalized spacial score (nSPS) is 20.7. The van der Waals surface area contributed by atoms with Gasteiger partial charge in [0.25, 0.3) is 0 Å². The van der Waals surface area contributed by atoms with Crippen molar-refractivity contribution < 1.29 is 0 Å². The smallest absolute Gasteiger partial charge is 0.134 e. The number of hydrogen-bond acceptors (Lipinski definition) is 3. The predicted octanol–water partition coefficient (Wildman–Crippen LogP) is 0.964. The highest BCUT2D eigenvalue weighted by atomic mass is 15.3. The molecule has 1 aromatic heterocycles. The Morgan fingerprint density at radius 1 is 1.40 bits per heavy atom. The van der Waals surface area contributed by atoms with Gasteiger partial charge in [0.1, 0.15) is 11.6 Å². The van der Waals surface area contributed by atoms with Crippen molar-refractivity contribution in [2.24, 2.45) is 5.92 Å². The third kappa shape index (κ3) is 2.37. The second-order valence-corrected chi connectivity index (χ2v) is 4.84.